The number of benzene rings is 1. The topological polar surface area (TPSA) is 17.0 Å². The molecular formula is C16H22N2. The lowest BCUT2D eigenvalue weighted by atomic mass is 10.0. The molecule has 1 aromatic carbocycles. The Labute approximate surface area is 109 Å². The number of hydrogen-bond acceptors (Lipinski definition) is 1. The van der Waals surface area contributed by atoms with Crippen molar-refractivity contribution >= 4 is 10.9 Å². The third-order valence-corrected chi connectivity index (χ3v) is 3.99. The first-order chi connectivity index (χ1) is 8.74. The highest BCUT2D eigenvalue weighted by atomic mass is 15.0. The van der Waals surface area contributed by atoms with E-state index in [4.69, 9.17) is 0 Å². The van der Waals surface area contributed by atoms with Crippen LogP contribution >= 0.6 is 0 Å². The lowest BCUT2D eigenvalue weighted by Crippen LogP contribution is -2.23. The van der Waals surface area contributed by atoms with Gasteiger partial charge in [0.1, 0.15) is 0 Å². The highest BCUT2D eigenvalue weighted by Crippen LogP contribution is 2.22. The van der Waals surface area contributed by atoms with Gasteiger partial charge >= 0.3 is 0 Å². The van der Waals surface area contributed by atoms with Crippen molar-refractivity contribution in [2.45, 2.75) is 45.2 Å². The predicted octanol–water partition coefficient (Wildman–Crippen LogP) is 3.52. The Morgan fingerprint density at radius 1 is 1.33 bits per heavy atom. The van der Waals surface area contributed by atoms with Crippen molar-refractivity contribution in [3.05, 3.63) is 36.0 Å². The molecule has 0 spiro atoms. The van der Waals surface area contributed by atoms with Gasteiger partial charge in [0, 0.05) is 23.8 Å². The molecule has 96 valence electrons. The summed E-state index contributed by atoms with van der Waals surface area (Å²) in [5.74, 6) is 0. The van der Waals surface area contributed by atoms with Gasteiger partial charge in [-0.25, -0.2) is 0 Å². The molecule has 1 atom stereocenters. The van der Waals surface area contributed by atoms with Crippen LogP contribution in [-0.2, 0) is 6.42 Å². The van der Waals surface area contributed by atoms with Gasteiger partial charge in [-0.2, -0.15) is 0 Å². The molecule has 1 N–H and O–H groups in total. The molecule has 1 aromatic heterocycles. The molecule has 1 aliphatic rings. The molecule has 0 bridgehead atoms. The Kier molecular flexibility index (Phi) is 3.13. The van der Waals surface area contributed by atoms with Gasteiger partial charge in [-0.3, -0.25) is 0 Å². The highest BCUT2D eigenvalue weighted by molar-refractivity contribution is 5.81. The standard InChI is InChI=1S/C16H22N2/c1-12(2)18-9-7-14-6-5-13(11-16(14)18)10-15-4-3-8-17-15/h5-7,9,11-12,15,17H,3-4,8,10H2,1-2H3/t15-/m0/s1. The van der Waals surface area contributed by atoms with Crippen LogP contribution in [0.15, 0.2) is 30.5 Å². The smallest absolute Gasteiger partial charge is 0.0485 e. The van der Waals surface area contributed by atoms with Crippen molar-refractivity contribution in [3.8, 4) is 0 Å². The van der Waals surface area contributed by atoms with Gasteiger partial charge in [-0.05, 0) is 62.7 Å². The molecule has 18 heavy (non-hydrogen) atoms. The van der Waals surface area contributed by atoms with E-state index in [1.165, 1.54) is 42.3 Å². The van der Waals surface area contributed by atoms with Gasteiger partial charge in [0.05, 0.1) is 0 Å². The Balaban J connectivity index is 1.91. The van der Waals surface area contributed by atoms with E-state index in [2.05, 4.69) is 54.2 Å². The summed E-state index contributed by atoms with van der Waals surface area (Å²) < 4.78 is 2.36. The normalized spacial score (nSPS) is 20.1. The molecule has 0 amide bonds. The van der Waals surface area contributed by atoms with E-state index in [-0.39, 0.29) is 0 Å². The molecule has 0 unspecified atom stereocenters. The fraction of sp³-hybridized carbons (Fsp3) is 0.500. The highest BCUT2D eigenvalue weighted by Gasteiger charge is 2.14. The van der Waals surface area contributed by atoms with Gasteiger partial charge in [0.25, 0.3) is 0 Å². The number of fused-ring (bicyclic) bond motifs is 1. The van der Waals surface area contributed by atoms with Crippen LogP contribution < -0.4 is 5.32 Å². The Morgan fingerprint density at radius 2 is 2.22 bits per heavy atom. The van der Waals surface area contributed by atoms with Crippen LogP contribution in [-0.4, -0.2) is 17.2 Å². The fourth-order valence-corrected chi connectivity index (χ4v) is 2.99. The third kappa shape index (κ3) is 2.17. The SMILES string of the molecule is CC(C)n1ccc2ccc(C[C@@H]3CCCN3)cc21. The van der Waals surface area contributed by atoms with Crippen molar-refractivity contribution in [2.24, 2.45) is 0 Å². The third-order valence-electron chi connectivity index (χ3n) is 3.99. The maximum absolute atomic E-state index is 3.58. The zero-order valence-electron chi connectivity index (χ0n) is 11.3. The van der Waals surface area contributed by atoms with Crippen molar-refractivity contribution in [2.75, 3.05) is 6.54 Å². The maximum atomic E-state index is 3.58. The second-order valence-electron chi connectivity index (χ2n) is 5.71. The average Bonchev–Trinajstić information content (AvgIpc) is 2.97. The molecule has 1 fully saturated rings. The zero-order valence-corrected chi connectivity index (χ0v) is 11.3. The van der Waals surface area contributed by atoms with Crippen LogP contribution in [0.5, 0.6) is 0 Å². The summed E-state index contributed by atoms with van der Waals surface area (Å²) in [6.07, 6.45) is 6.02. The van der Waals surface area contributed by atoms with E-state index in [9.17, 15) is 0 Å². The second-order valence-corrected chi connectivity index (χ2v) is 5.71. The van der Waals surface area contributed by atoms with Crippen molar-refractivity contribution in [1.82, 2.24) is 9.88 Å². The number of hydrogen-bond donors (Lipinski definition) is 1. The molecule has 2 heterocycles. The van der Waals surface area contributed by atoms with Crippen LogP contribution in [0.1, 0.15) is 38.3 Å². The molecule has 0 aliphatic carbocycles. The summed E-state index contributed by atoms with van der Waals surface area (Å²) in [7, 11) is 0. The van der Waals surface area contributed by atoms with Gasteiger partial charge in [-0.1, -0.05) is 12.1 Å². The maximum Gasteiger partial charge on any atom is 0.0485 e. The van der Waals surface area contributed by atoms with E-state index in [1.807, 2.05) is 0 Å². The van der Waals surface area contributed by atoms with E-state index >= 15 is 0 Å². The van der Waals surface area contributed by atoms with E-state index in [1.54, 1.807) is 0 Å². The van der Waals surface area contributed by atoms with Crippen LogP contribution in [0.2, 0.25) is 0 Å². The molecule has 0 saturated carbocycles. The first-order valence-electron chi connectivity index (χ1n) is 7.07. The van der Waals surface area contributed by atoms with Crippen LogP contribution in [0, 0.1) is 0 Å². The summed E-state index contributed by atoms with van der Waals surface area (Å²) in [6.45, 7) is 5.67. The number of aromatic nitrogens is 1. The molecular weight excluding hydrogens is 220 g/mol. The van der Waals surface area contributed by atoms with Gasteiger partial charge in [0.15, 0.2) is 0 Å². The van der Waals surface area contributed by atoms with E-state index in [0.29, 0.717) is 12.1 Å². The quantitative estimate of drug-likeness (QED) is 0.871. The largest absolute Gasteiger partial charge is 0.345 e. The first kappa shape index (κ1) is 11.8. The van der Waals surface area contributed by atoms with Gasteiger partial charge in [-0.15, -0.1) is 0 Å². The van der Waals surface area contributed by atoms with Crippen LogP contribution in [0.25, 0.3) is 10.9 Å². The number of nitrogens with one attached hydrogen (secondary N) is 1. The Morgan fingerprint density at radius 3 is 2.94 bits per heavy atom. The molecule has 0 radical (unpaired) electrons. The zero-order chi connectivity index (χ0) is 12.5. The number of rotatable bonds is 3. The lowest BCUT2D eigenvalue weighted by molar-refractivity contribution is 0.602. The van der Waals surface area contributed by atoms with Crippen molar-refractivity contribution in [3.63, 3.8) is 0 Å². The molecule has 2 heteroatoms. The second kappa shape index (κ2) is 4.77. The summed E-state index contributed by atoms with van der Waals surface area (Å²) in [5.41, 5.74) is 2.84. The van der Waals surface area contributed by atoms with Crippen molar-refractivity contribution < 1.29 is 0 Å². The molecule has 1 aliphatic heterocycles. The van der Waals surface area contributed by atoms with Crippen LogP contribution in [0.3, 0.4) is 0 Å². The molecule has 2 nitrogen and oxygen atoms in total. The minimum absolute atomic E-state index is 0.530. The summed E-state index contributed by atoms with van der Waals surface area (Å²) in [4.78, 5) is 0. The van der Waals surface area contributed by atoms with Crippen molar-refractivity contribution in [1.29, 1.82) is 0 Å². The van der Waals surface area contributed by atoms with E-state index < -0.39 is 0 Å². The monoisotopic (exact) mass is 242 g/mol. The first-order valence-corrected chi connectivity index (χ1v) is 7.07. The molecule has 3 rings (SSSR count). The minimum atomic E-state index is 0.530. The lowest BCUT2D eigenvalue weighted by Gasteiger charge is -2.12. The molecule has 1 saturated heterocycles. The average molecular weight is 242 g/mol. The molecule has 2 aromatic rings. The summed E-state index contributed by atoms with van der Waals surface area (Å²) in [5, 5.41) is 4.93. The summed E-state index contributed by atoms with van der Waals surface area (Å²) >= 11 is 0. The van der Waals surface area contributed by atoms with Gasteiger partial charge < -0.3 is 9.88 Å². The number of nitrogens with zero attached hydrogens (tertiary/aromatic N) is 1. The minimum Gasteiger partial charge on any atom is -0.345 e. The van der Waals surface area contributed by atoms with Crippen LogP contribution in [0.4, 0.5) is 0 Å². The van der Waals surface area contributed by atoms with E-state index in [0.717, 1.165) is 0 Å². The Bertz CT molecular complexity index is 533. The Hall–Kier alpha value is -1.28. The van der Waals surface area contributed by atoms with Gasteiger partial charge in [0.2, 0.25) is 0 Å². The fourth-order valence-electron chi connectivity index (χ4n) is 2.99. The summed E-state index contributed by atoms with van der Waals surface area (Å²) in [6, 6.07) is 10.3. The predicted molar refractivity (Wildman–Crippen MR) is 77.1 cm³/mol.